The van der Waals surface area contributed by atoms with Crippen molar-refractivity contribution in [3.8, 4) is 0 Å². The summed E-state index contributed by atoms with van der Waals surface area (Å²) in [5.74, 6) is 0.971. The highest BCUT2D eigenvalue weighted by Crippen LogP contribution is 2.10. The number of anilines is 1. The number of benzene rings is 3. The zero-order valence-electron chi connectivity index (χ0n) is 13.5. The van der Waals surface area contributed by atoms with Gasteiger partial charge in [-0.1, -0.05) is 53.6 Å². The maximum Gasteiger partial charge on any atom is 0.285 e. The van der Waals surface area contributed by atoms with Crippen LogP contribution in [0.5, 0.6) is 0 Å². The fourth-order valence-electron chi connectivity index (χ4n) is 2.34. The summed E-state index contributed by atoms with van der Waals surface area (Å²) in [6, 6.07) is 27.1. The van der Waals surface area contributed by atoms with Crippen molar-refractivity contribution in [2.24, 2.45) is 0 Å². The van der Waals surface area contributed by atoms with Crippen molar-refractivity contribution < 1.29 is 4.99 Å². The van der Waals surface area contributed by atoms with E-state index >= 15 is 0 Å². The summed E-state index contributed by atoms with van der Waals surface area (Å²) in [5.41, 5.74) is 5.75. The van der Waals surface area contributed by atoms with Crippen LogP contribution in [0.2, 0.25) is 0 Å². The second-order valence-electron chi connectivity index (χ2n) is 5.72. The number of aryl methyl sites for hydroxylation is 2. The van der Waals surface area contributed by atoms with Gasteiger partial charge in [0.2, 0.25) is 0 Å². The van der Waals surface area contributed by atoms with E-state index in [0.717, 1.165) is 22.8 Å². The van der Waals surface area contributed by atoms with Crippen LogP contribution in [0, 0.1) is 13.8 Å². The van der Waals surface area contributed by atoms with E-state index in [2.05, 4.69) is 84.8 Å². The standard InChI is InChI=1S/C21H20N2/c1-16-8-12-19(13-9-16)22-21(18-6-4-3-5-7-18)23-20-14-10-17(2)11-15-20/h3-15H,1-2H3,(H,22,23)/p+1. The lowest BCUT2D eigenvalue weighted by Gasteiger charge is -2.04. The van der Waals surface area contributed by atoms with Gasteiger partial charge in [-0.25, -0.2) is 10.3 Å². The van der Waals surface area contributed by atoms with E-state index in [1.165, 1.54) is 11.1 Å². The molecule has 23 heavy (non-hydrogen) atoms. The molecule has 0 unspecified atom stereocenters. The van der Waals surface area contributed by atoms with Crippen LogP contribution in [0.3, 0.4) is 0 Å². The molecule has 2 N–H and O–H groups in total. The first-order chi connectivity index (χ1) is 11.2. The van der Waals surface area contributed by atoms with Crippen LogP contribution in [-0.4, -0.2) is 5.84 Å². The van der Waals surface area contributed by atoms with Crippen LogP contribution in [0.15, 0.2) is 78.9 Å². The fraction of sp³-hybridized carbons (Fsp3) is 0.0952. The Morgan fingerprint density at radius 1 is 0.696 bits per heavy atom. The summed E-state index contributed by atoms with van der Waals surface area (Å²) in [6.07, 6.45) is 0. The predicted molar refractivity (Wildman–Crippen MR) is 97.2 cm³/mol. The zero-order chi connectivity index (χ0) is 16.1. The largest absolute Gasteiger partial charge is 0.285 e. The molecule has 0 spiro atoms. The topological polar surface area (TPSA) is 26.0 Å². The Hall–Kier alpha value is -2.87. The van der Waals surface area contributed by atoms with Crippen molar-refractivity contribution in [2.75, 3.05) is 5.32 Å². The van der Waals surface area contributed by atoms with Gasteiger partial charge >= 0.3 is 0 Å². The second-order valence-corrected chi connectivity index (χ2v) is 5.72. The van der Waals surface area contributed by atoms with Gasteiger partial charge in [-0.15, -0.1) is 0 Å². The predicted octanol–water partition coefficient (Wildman–Crippen LogP) is 3.57. The molecular formula is C21H21N2+. The number of amidine groups is 1. The third kappa shape index (κ3) is 4.07. The summed E-state index contributed by atoms with van der Waals surface area (Å²) in [7, 11) is 0. The van der Waals surface area contributed by atoms with Gasteiger partial charge in [0, 0.05) is 0 Å². The highest BCUT2D eigenvalue weighted by Gasteiger charge is 2.11. The number of hydrogen-bond donors (Lipinski definition) is 2. The molecule has 0 aromatic heterocycles. The third-order valence-corrected chi connectivity index (χ3v) is 3.70. The Balaban J connectivity index is 1.96. The molecule has 114 valence electrons. The summed E-state index contributed by atoms with van der Waals surface area (Å²) in [6.45, 7) is 4.19. The van der Waals surface area contributed by atoms with E-state index in [0.29, 0.717) is 0 Å². The summed E-state index contributed by atoms with van der Waals surface area (Å²) in [4.78, 5) is 3.49. The molecule has 0 amide bonds. The van der Waals surface area contributed by atoms with Crippen molar-refractivity contribution in [1.82, 2.24) is 0 Å². The van der Waals surface area contributed by atoms with Crippen molar-refractivity contribution in [2.45, 2.75) is 13.8 Å². The Labute approximate surface area is 137 Å². The van der Waals surface area contributed by atoms with Gasteiger partial charge in [0.15, 0.2) is 0 Å². The number of hydrogen-bond acceptors (Lipinski definition) is 0. The highest BCUT2D eigenvalue weighted by atomic mass is 15.0. The van der Waals surface area contributed by atoms with Crippen LogP contribution in [-0.2, 0) is 0 Å². The maximum atomic E-state index is 3.49. The molecule has 0 bridgehead atoms. The summed E-state index contributed by atoms with van der Waals surface area (Å²) < 4.78 is 0. The van der Waals surface area contributed by atoms with E-state index in [9.17, 15) is 0 Å². The van der Waals surface area contributed by atoms with Crippen molar-refractivity contribution >= 4 is 17.2 Å². The van der Waals surface area contributed by atoms with Gasteiger partial charge in [-0.3, -0.25) is 0 Å². The lowest BCUT2D eigenvalue weighted by atomic mass is 10.1. The maximum absolute atomic E-state index is 3.49. The van der Waals surface area contributed by atoms with E-state index < -0.39 is 0 Å². The van der Waals surface area contributed by atoms with E-state index in [1.807, 2.05) is 18.2 Å². The molecule has 3 aromatic rings. The quantitative estimate of drug-likeness (QED) is 0.561. The van der Waals surface area contributed by atoms with Gasteiger partial charge in [0.25, 0.3) is 5.84 Å². The molecule has 2 heteroatoms. The van der Waals surface area contributed by atoms with Gasteiger partial charge in [0.1, 0.15) is 11.4 Å². The molecular weight excluding hydrogens is 280 g/mol. The minimum absolute atomic E-state index is 0.971. The number of rotatable bonds is 3. The fourth-order valence-corrected chi connectivity index (χ4v) is 2.34. The van der Waals surface area contributed by atoms with Crippen LogP contribution < -0.4 is 10.3 Å². The molecule has 0 aliphatic heterocycles. The SMILES string of the molecule is Cc1ccc(NC(=[NH+]c2ccc(C)cc2)c2ccccc2)cc1. The Bertz CT molecular complexity index is 786. The minimum atomic E-state index is 0.971. The van der Waals surface area contributed by atoms with Gasteiger partial charge < -0.3 is 0 Å². The van der Waals surface area contributed by atoms with Gasteiger partial charge in [0.05, 0.1) is 5.56 Å². The smallest absolute Gasteiger partial charge is 0.240 e. The molecule has 2 nitrogen and oxygen atoms in total. The molecule has 0 saturated carbocycles. The first kappa shape index (κ1) is 15.0. The number of nitrogens with one attached hydrogen (secondary N) is 2. The van der Waals surface area contributed by atoms with Crippen LogP contribution >= 0.6 is 0 Å². The minimum Gasteiger partial charge on any atom is -0.240 e. The van der Waals surface area contributed by atoms with Crippen LogP contribution in [0.25, 0.3) is 0 Å². The molecule has 0 fully saturated rings. The average molecular weight is 301 g/mol. The monoisotopic (exact) mass is 301 g/mol. The average Bonchev–Trinajstić information content (AvgIpc) is 2.59. The van der Waals surface area contributed by atoms with Crippen LogP contribution in [0.1, 0.15) is 16.7 Å². The van der Waals surface area contributed by atoms with E-state index in [-0.39, 0.29) is 0 Å². The molecule has 0 aliphatic rings. The van der Waals surface area contributed by atoms with Gasteiger partial charge in [-0.2, -0.15) is 0 Å². The van der Waals surface area contributed by atoms with Crippen molar-refractivity contribution in [3.63, 3.8) is 0 Å². The lowest BCUT2D eigenvalue weighted by molar-refractivity contribution is -0.352. The highest BCUT2D eigenvalue weighted by molar-refractivity contribution is 6.04. The lowest BCUT2D eigenvalue weighted by Crippen LogP contribution is -2.68. The molecule has 0 aliphatic carbocycles. The molecule has 3 rings (SSSR count). The molecule has 3 aromatic carbocycles. The molecule has 0 atom stereocenters. The molecule has 0 radical (unpaired) electrons. The summed E-state index contributed by atoms with van der Waals surface area (Å²) in [5, 5.41) is 3.49. The first-order valence-electron chi connectivity index (χ1n) is 7.80. The zero-order valence-corrected chi connectivity index (χ0v) is 13.5. The summed E-state index contributed by atoms with van der Waals surface area (Å²) >= 11 is 0. The first-order valence-corrected chi connectivity index (χ1v) is 7.80. The molecule has 0 saturated heterocycles. The van der Waals surface area contributed by atoms with Crippen molar-refractivity contribution in [3.05, 3.63) is 95.6 Å². The third-order valence-electron chi connectivity index (χ3n) is 3.70. The Kier molecular flexibility index (Phi) is 4.53. The van der Waals surface area contributed by atoms with Gasteiger partial charge in [-0.05, 0) is 50.2 Å². The normalized spacial score (nSPS) is 11.3. The van der Waals surface area contributed by atoms with Crippen molar-refractivity contribution in [1.29, 1.82) is 0 Å². The Morgan fingerprint density at radius 2 is 1.26 bits per heavy atom. The molecule has 0 heterocycles. The van der Waals surface area contributed by atoms with E-state index in [1.54, 1.807) is 0 Å². The Morgan fingerprint density at radius 3 is 1.87 bits per heavy atom. The second kappa shape index (κ2) is 6.93. The van der Waals surface area contributed by atoms with Crippen LogP contribution in [0.4, 0.5) is 11.4 Å². The van der Waals surface area contributed by atoms with E-state index in [4.69, 9.17) is 0 Å².